The molecular formula is C17H22N2. The van der Waals surface area contributed by atoms with Crippen molar-refractivity contribution in [2.45, 2.75) is 39.5 Å². The van der Waals surface area contributed by atoms with Crippen molar-refractivity contribution in [2.24, 2.45) is 4.99 Å². The highest BCUT2D eigenvalue weighted by Gasteiger charge is 2.12. The molecule has 1 N–H and O–H groups in total. The van der Waals surface area contributed by atoms with Crippen molar-refractivity contribution in [2.75, 3.05) is 0 Å². The molecule has 2 nitrogen and oxygen atoms in total. The Morgan fingerprint density at radius 2 is 1.58 bits per heavy atom. The predicted octanol–water partition coefficient (Wildman–Crippen LogP) is 5.01. The third-order valence-corrected chi connectivity index (χ3v) is 3.30. The first-order valence-electron chi connectivity index (χ1n) is 6.90. The van der Waals surface area contributed by atoms with E-state index in [1.54, 1.807) is 0 Å². The zero-order valence-electron chi connectivity index (χ0n) is 12.1. The van der Waals surface area contributed by atoms with Crippen molar-refractivity contribution in [3.8, 4) is 0 Å². The van der Waals surface area contributed by atoms with Crippen molar-refractivity contribution in [3.05, 3.63) is 53.3 Å². The van der Waals surface area contributed by atoms with E-state index in [9.17, 15) is 0 Å². The highest BCUT2D eigenvalue weighted by Crippen LogP contribution is 2.34. The van der Waals surface area contributed by atoms with Crippen LogP contribution >= 0.6 is 0 Å². The Hall–Kier alpha value is -1.83. The van der Waals surface area contributed by atoms with E-state index in [1.807, 2.05) is 24.5 Å². The summed E-state index contributed by atoms with van der Waals surface area (Å²) in [6.07, 6.45) is 3.83. The molecule has 1 heterocycles. The topological polar surface area (TPSA) is 28.1 Å². The maximum atomic E-state index is 4.73. The van der Waals surface area contributed by atoms with E-state index in [0.717, 1.165) is 11.4 Å². The maximum Gasteiger partial charge on any atom is 0.0699 e. The Labute approximate surface area is 115 Å². The number of aromatic amines is 1. The predicted molar refractivity (Wildman–Crippen MR) is 82.7 cm³/mol. The number of nitrogens with zero attached hydrogens (tertiary/aromatic N) is 1. The van der Waals surface area contributed by atoms with Crippen LogP contribution in [-0.2, 0) is 0 Å². The zero-order chi connectivity index (χ0) is 13.8. The molecule has 1 aromatic heterocycles. The van der Waals surface area contributed by atoms with E-state index in [-0.39, 0.29) is 0 Å². The van der Waals surface area contributed by atoms with Gasteiger partial charge in [-0.25, -0.2) is 0 Å². The lowest BCUT2D eigenvalue weighted by atomic mass is 9.93. The van der Waals surface area contributed by atoms with Gasteiger partial charge in [-0.2, -0.15) is 0 Å². The van der Waals surface area contributed by atoms with Gasteiger partial charge in [-0.05, 0) is 35.1 Å². The summed E-state index contributed by atoms with van der Waals surface area (Å²) in [5.41, 5.74) is 4.79. The van der Waals surface area contributed by atoms with Crippen LogP contribution in [0.5, 0.6) is 0 Å². The lowest BCUT2D eigenvalue weighted by Crippen LogP contribution is -1.95. The number of benzene rings is 1. The van der Waals surface area contributed by atoms with Crippen LogP contribution in [0.1, 0.15) is 56.4 Å². The summed E-state index contributed by atoms with van der Waals surface area (Å²) < 4.78 is 0. The molecule has 2 heteroatoms. The van der Waals surface area contributed by atoms with Gasteiger partial charge in [0.2, 0.25) is 0 Å². The first-order valence-corrected chi connectivity index (χ1v) is 6.90. The van der Waals surface area contributed by atoms with Gasteiger partial charge in [0, 0.05) is 6.20 Å². The molecule has 0 aliphatic carbocycles. The minimum absolute atomic E-state index is 0.481. The van der Waals surface area contributed by atoms with Gasteiger partial charge in [-0.3, -0.25) is 4.99 Å². The highest BCUT2D eigenvalue weighted by atomic mass is 14.8. The number of para-hydroxylation sites is 1. The Morgan fingerprint density at radius 1 is 0.947 bits per heavy atom. The molecule has 0 aliphatic heterocycles. The monoisotopic (exact) mass is 254 g/mol. The van der Waals surface area contributed by atoms with Gasteiger partial charge < -0.3 is 4.98 Å². The molecule has 0 atom stereocenters. The van der Waals surface area contributed by atoms with Crippen LogP contribution in [0.25, 0.3) is 0 Å². The molecule has 0 spiro atoms. The second kappa shape index (κ2) is 5.87. The quantitative estimate of drug-likeness (QED) is 0.743. The molecule has 0 saturated carbocycles. The largest absolute Gasteiger partial charge is 0.360 e. The van der Waals surface area contributed by atoms with Gasteiger partial charge in [-0.15, -0.1) is 0 Å². The standard InChI is InChI=1S/C17H22N2/c1-12(2)15-8-5-9-16(13(3)4)17(15)19-11-14-7-6-10-18-14/h5-13,18H,1-4H3. The maximum absolute atomic E-state index is 4.73. The van der Waals surface area contributed by atoms with Crippen molar-refractivity contribution >= 4 is 11.9 Å². The molecule has 2 rings (SSSR count). The van der Waals surface area contributed by atoms with Gasteiger partial charge in [0.05, 0.1) is 17.6 Å². The SMILES string of the molecule is CC(C)c1cccc(C(C)C)c1N=Cc1ccc[nH]1. The third-order valence-electron chi connectivity index (χ3n) is 3.30. The molecule has 0 amide bonds. The van der Waals surface area contributed by atoms with Gasteiger partial charge in [0.1, 0.15) is 0 Å². The number of hydrogen-bond donors (Lipinski definition) is 1. The highest BCUT2D eigenvalue weighted by molar-refractivity contribution is 5.80. The van der Waals surface area contributed by atoms with Crippen molar-refractivity contribution < 1.29 is 0 Å². The first-order chi connectivity index (χ1) is 9.09. The van der Waals surface area contributed by atoms with Gasteiger partial charge in [-0.1, -0.05) is 45.9 Å². The van der Waals surface area contributed by atoms with Gasteiger partial charge >= 0.3 is 0 Å². The summed E-state index contributed by atoms with van der Waals surface area (Å²) in [6, 6.07) is 10.5. The Morgan fingerprint density at radius 3 is 2.05 bits per heavy atom. The van der Waals surface area contributed by atoms with Crippen LogP contribution < -0.4 is 0 Å². The van der Waals surface area contributed by atoms with E-state index < -0.39 is 0 Å². The number of hydrogen-bond acceptors (Lipinski definition) is 1. The zero-order valence-corrected chi connectivity index (χ0v) is 12.1. The number of aromatic nitrogens is 1. The van der Waals surface area contributed by atoms with E-state index in [1.165, 1.54) is 11.1 Å². The van der Waals surface area contributed by atoms with E-state index in [0.29, 0.717) is 11.8 Å². The number of H-pyrrole nitrogens is 1. The Balaban J connectivity index is 2.46. The van der Waals surface area contributed by atoms with Gasteiger partial charge in [0.15, 0.2) is 0 Å². The fourth-order valence-electron chi connectivity index (χ4n) is 2.22. The second-order valence-electron chi connectivity index (χ2n) is 5.48. The van der Waals surface area contributed by atoms with Crippen molar-refractivity contribution in [1.29, 1.82) is 0 Å². The molecule has 0 radical (unpaired) electrons. The van der Waals surface area contributed by atoms with Crippen LogP contribution in [0.15, 0.2) is 41.5 Å². The Kier molecular flexibility index (Phi) is 4.20. The van der Waals surface area contributed by atoms with E-state index in [4.69, 9.17) is 4.99 Å². The summed E-state index contributed by atoms with van der Waals surface area (Å²) in [7, 11) is 0. The lowest BCUT2D eigenvalue weighted by Gasteiger charge is -2.16. The summed E-state index contributed by atoms with van der Waals surface area (Å²) in [5, 5.41) is 0. The van der Waals surface area contributed by atoms with Crippen LogP contribution in [0.3, 0.4) is 0 Å². The molecule has 19 heavy (non-hydrogen) atoms. The number of aliphatic imine (C=N–C) groups is 1. The molecule has 1 aromatic carbocycles. The lowest BCUT2D eigenvalue weighted by molar-refractivity contribution is 0.835. The van der Waals surface area contributed by atoms with Crippen LogP contribution in [0.4, 0.5) is 5.69 Å². The normalized spacial score (nSPS) is 11.9. The summed E-state index contributed by atoms with van der Waals surface area (Å²) in [4.78, 5) is 7.89. The second-order valence-corrected chi connectivity index (χ2v) is 5.48. The average molecular weight is 254 g/mol. The fraction of sp³-hybridized carbons (Fsp3) is 0.353. The fourth-order valence-corrected chi connectivity index (χ4v) is 2.22. The molecule has 0 saturated heterocycles. The molecule has 0 aliphatic rings. The minimum atomic E-state index is 0.481. The molecule has 0 unspecified atom stereocenters. The average Bonchev–Trinajstić information content (AvgIpc) is 2.88. The van der Waals surface area contributed by atoms with Crippen LogP contribution in [-0.4, -0.2) is 11.2 Å². The third kappa shape index (κ3) is 3.14. The van der Waals surface area contributed by atoms with Crippen LogP contribution in [0.2, 0.25) is 0 Å². The Bertz CT molecular complexity index is 522. The van der Waals surface area contributed by atoms with Crippen molar-refractivity contribution in [3.63, 3.8) is 0 Å². The molecule has 100 valence electrons. The van der Waals surface area contributed by atoms with E-state index >= 15 is 0 Å². The summed E-state index contributed by atoms with van der Waals surface area (Å²) in [6.45, 7) is 8.86. The first kappa shape index (κ1) is 13.6. The minimum Gasteiger partial charge on any atom is -0.360 e. The van der Waals surface area contributed by atoms with Crippen LogP contribution in [0, 0.1) is 0 Å². The number of nitrogens with one attached hydrogen (secondary N) is 1. The molecule has 0 fully saturated rings. The summed E-state index contributed by atoms with van der Waals surface area (Å²) >= 11 is 0. The molecule has 2 aromatic rings. The summed E-state index contributed by atoms with van der Waals surface area (Å²) in [5.74, 6) is 0.962. The number of rotatable bonds is 4. The molecule has 0 bridgehead atoms. The van der Waals surface area contributed by atoms with E-state index in [2.05, 4.69) is 50.9 Å². The van der Waals surface area contributed by atoms with Gasteiger partial charge in [0.25, 0.3) is 0 Å². The smallest absolute Gasteiger partial charge is 0.0699 e. The molecular weight excluding hydrogens is 232 g/mol. The van der Waals surface area contributed by atoms with Crippen molar-refractivity contribution in [1.82, 2.24) is 4.98 Å².